The van der Waals surface area contributed by atoms with Gasteiger partial charge in [0.05, 0.1) is 0 Å². The lowest BCUT2D eigenvalue weighted by atomic mass is 10.2. The number of nitrogens with one attached hydrogen (secondary N) is 1. The molecule has 0 bridgehead atoms. The number of aliphatic carboxylic acids is 1. The van der Waals surface area contributed by atoms with Crippen molar-refractivity contribution in [1.29, 1.82) is 0 Å². The molecule has 0 aliphatic rings. The van der Waals surface area contributed by atoms with Crippen molar-refractivity contribution in [3.05, 3.63) is 27.3 Å². The normalized spacial score (nSPS) is 10.0. The first-order valence-electron chi connectivity index (χ1n) is 4.84. The highest BCUT2D eigenvalue weighted by molar-refractivity contribution is 14.1. The number of rotatable bonds is 5. The van der Waals surface area contributed by atoms with Crippen molar-refractivity contribution in [2.45, 2.75) is 6.92 Å². The Morgan fingerprint density at radius 2 is 2.12 bits per heavy atom. The van der Waals surface area contributed by atoms with Crippen LogP contribution in [0.25, 0.3) is 0 Å². The number of hydrogen-bond acceptors (Lipinski definition) is 3. The van der Waals surface area contributed by atoms with E-state index >= 15 is 0 Å². The van der Waals surface area contributed by atoms with Gasteiger partial charge in [0.25, 0.3) is 0 Å². The van der Waals surface area contributed by atoms with Gasteiger partial charge in [-0.3, -0.25) is 4.79 Å². The van der Waals surface area contributed by atoms with Crippen LogP contribution >= 0.6 is 22.6 Å². The van der Waals surface area contributed by atoms with Crippen LogP contribution in [0.2, 0.25) is 0 Å². The van der Waals surface area contributed by atoms with E-state index in [0.717, 1.165) is 9.13 Å². The van der Waals surface area contributed by atoms with E-state index in [1.54, 1.807) is 6.07 Å². The summed E-state index contributed by atoms with van der Waals surface area (Å²) in [5.41, 5.74) is 1.65. The Balaban J connectivity index is 2.48. The first-order chi connectivity index (χ1) is 7.99. The van der Waals surface area contributed by atoms with Crippen LogP contribution < -0.4 is 5.32 Å². The quantitative estimate of drug-likeness (QED) is 0.793. The van der Waals surface area contributed by atoms with Gasteiger partial charge in [-0.25, -0.2) is 4.79 Å². The number of amides is 1. The molecule has 1 rings (SSSR count). The summed E-state index contributed by atoms with van der Waals surface area (Å²) in [4.78, 5) is 21.6. The summed E-state index contributed by atoms with van der Waals surface area (Å²) in [6.45, 7) is 1.15. The Labute approximate surface area is 112 Å². The van der Waals surface area contributed by atoms with Gasteiger partial charge in [-0.2, -0.15) is 0 Å². The maximum absolute atomic E-state index is 11.4. The molecule has 17 heavy (non-hydrogen) atoms. The Hall–Kier alpha value is -1.15. The van der Waals surface area contributed by atoms with Crippen LogP contribution in [0.15, 0.2) is 18.2 Å². The molecule has 1 amide bonds. The van der Waals surface area contributed by atoms with E-state index in [-0.39, 0.29) is 12.5 Å². The predicted molar refractivity (Wildman–Crippen MR) is 71.0 cm³/mol. The molecule has 5 nitrogen and oxygen atoms in total. The van der Waals surface area contributed by atoms with Crippen molar-refractivity contribution in [2.75, 3.05) is 18.5 Å². The minimum atomic E-state index is -1.09. The standard InChI is InChI=1S/C11H12INO4/c1-7-4-8(12)2-3-9(7)13-10(14)5-17-6-11(15)16/h2-4H,5-6H2,1H3,(H,13,14)(H,15,16). The molecule has 0 radical (unpaired) electrons. The molecule has 6 heteroatoms. The van der Waals surface area contributed by atoms with Crippen LogP contribution in [-0.4, -0.2) is 30.2 Å². The van der Waals surface area contributed by atoms with Gasteiger partial charge in [0.15, 0.2) is 0 Å². The van der Waals surface area contributed by atoms with Gasteiger partial charge < -0.3 is 15.2 Å². The smallest absolute Gasteiger partial charge is 0.329 e. The molecule has 92 valence electrons. The Morgan fingerprint density at radius 3 is 2.71 bits per heavy atom. The van der Waals surface area contributed by atoms with E-state index in [4.69, 9.17) is 5.11 Å². The fraction of sp³-hybridized carbons (Fsp3) is 0.273. The Morgan fingerprint density at radius 1 is 1.41 bits per heavy atom. The average Bonchev–Trinajstić information content (AvgIpc) is 2.21. The van der Waals surface area contributed by atoms with Gasteiger partial charge in [-0.1, -0.05) is 0 Å². The second-order valence-corrected chi connectivity index (χ2v) is 4.64. The average molecular weight is 349 g/mol. The van der Waals surface area contributed by atoms with Crippen molar-refractivity contribution in [1.82, 2.24) is 0 Å². The lowest BCUT2D eigenvalue weighted by Gasteiger charge is -2.08. The topological polar surface area (TPSA) is 75.6 Å². The van der Waals surface area contributed by atoms with Crippen LogP contribution in [0.3, 0.4) is 0 Å². The largest absolute Gasteiger partial charge is 0.480 e. The maximum atomic E-state index is 11.4. The van der Waals surface area contributed by atoms with Crippen molar-refractivity contribution in [2.24, 2.45) is 0 Å². The van der Waals surface area contributed by atoms with Crippen LogP contribution in [0.1, 0.15) is 5.56 Å². The highest BCUT2D eigenvalue weighted by Crippen LogP contribution is 2.17. The summed E-state index contributed by atoms with van der Waals surface area (Å²) in [6, 6.07) is 5.61. The van der Waals surface area contributed by atoms with Gasteiger partial charge in [0.2, 0.25) is 5.91 Å². The Bertz CT molecular complexity index is 433. The second kappa shape index (κ2) is 6.55. The Kier molecular flexibility index (Phi) is 5.36. The zero-order valence-electron chi connectivity index (χ0n) is 9.20. The number of carboxylic acid groups (broad SMARTS) is 1. The van der Waals surface area contributed by atoms with Crippen molar-refractivity contribution in [3.63, 3.8) is 0 Å². The third-order valence-electron chi connectivity index (χ3n) is 1.92. The summed E-state index contributed by atoms with van der Waals surface area (Å²) in [5, 5.41) is 11.0. The van der Waals surface area contributed by atoms with Crippen molar-refractivity contribution in [3.8, 4) is 0 Å². The number of aryl methyl sites for hydroxylation is 1. The highest BCUT2D eigenvalue weighted by Gasteiger charge is 2.06. The van der Waals surface area contributed by atoms with Crippen LogP contribution in [-0.2, 0) is 14.3 Å². The molecule has 1 aromatic carbocycles. The zero-order valence-corrected chi connectivity index (χ0v) is 11.4. The van der Waals surface area contributed by atoms with Crippen LogP contribution in [0.5, 0.6) is 0 Å². The molecule has 1 aromatic rings. The number of hydrogen-bond donors (Lipinski definition) is 2. The van der Waals surface area contributed by atoms with E-state index in [1.807, 2.05) is 19.1 Å². The van der Waals surface area contributed by atoms with Crippen molar-refractivity contribution >= 4 is 40.2 Å². The van der Waals surface area contributed by atoms with Crippen LogP contribution in [0.4, 0.5) is 5.69 Å². The van der Waals surface area contributed by atoms with Gasteiger partial charge in [0.1, 0.15) is 13.2 Å². The van der Waals surface area contributed by atoms with Gasteiger partial charge >= 0.3 is 5.97 Å². The minimum Gasteiger partial charge on any atom is -0.480 e. The number of halogens is 1. The molecule has 0 atom stereocenters. The lowest BCUT2D eigenvalue weighted by molar-refractivity contribution is -0.143. The van der Waals surface area contributed by atoms with Gasteiger partial charge in [-0.05, 0) is 53.3 Å². The molecule has 0 aliphatic carbocycles. The summed E-state index contributed by atoms with van der Waals surface area (Å²) >= 11 is 2.18. The van der Waals surface area contributed by atoms with Gasteiger partial charge in [0, 0.05) is 9.26 Å². The summed E-state index contributed by atoms with van der Waals surface area (Å²) in [6.07, 6.45) is 0. The van der Waals surface area contributed by atoms with E-state index in [9.17, 15) is 9.59 Å². The molecular formula is C11H12INO4. The lowest BCUT2D eigenvalue weighted by Crippen LogP contribution is -2.21. The molecule has 0 fully saturated rings. The van der Waals surface area contributed by atoms with E-state index < -0.39 is 12.6 Å². The fourth-order valence-electron chi connectivity index (χ4n) is 1.18. The number of carbonyl (C=O) groups is 2. The molecule has 0 saturated carbocycles. The van der Waals surface area contributed by atoms with E-state index in [2.05, 4.69) is 32.6 Å². The number of anilines is 1. The fourth-order valence-corrected chi connectivity index (χ4v) is 1.83. The van der Waals surface area contributed by atoms with Crippen molar-refractivity contribution < 1.29 is 19.4 Å². The molecule has 0 spiro atoms. The second-order valence-electron chi connectivity index (χ2n) is 3.39. The molecule has 0 heterocycles. The predicted octanol–water partition coefficient (Wildman–Crippen LogP) is 1.64. The first-order valence-corrected chi connectivity index (χ1v) is 5.92. The molecular weight excluding hydrogens is 337 g/mol. The monoisotopic (exact) mass is 349 g/mol. The van der Waals surface area contributed by atoms with E-state index in [0.29, 0.717) is 5.69 Å². The molecule has 0 saturated heterocycles. The number of benzene rings is 1. The molecule has 0 aromatic heterocycles. The third kappa shape index (κ3) is 5.14. The molecule has 2 N–H and O–H groups in total. The summed E-state index contributed by atoms with van der Waals surface area (Å²) in [5.74, 6) is -1.46. The zero-order chi connectivity index (χ0) is 12.8. The maximum Gasteiger partial charge on any atom is 0.329 e. The first kappa shape index (κ1) is 13.9. The summed E-state index contributed by atoms with van der Waals surface area (Å²) < 4.78 is 5.76. The third-order valence-corrected chi connectivity index (χ3v) is 2.59. The number of carboxylic acids is 1. The highest BCUT2D eigenvalue weighted by atomic mass is 127. The SMILES string of the molecule is Cc1cc(I)ccc1NC(=O)COCC(=O)O. The number of carbonyl (C=O) groups excluding carboxylic acids is 1. The van der Waals surface area contributed by atoms with E-state index in [1.165, 1.54) is 0 Å². The van der Waals surface area contributed by atoms with Gasteiger partial charge in [-0.15, -0.1) is 0 Å². The summed E-state index contributed by atoms with van der Waals surface area (Å²) in [7, 11) is 0. The minimum absolute atomic E-state index is 0.266. The molecule has 0 aliphatic heterocycles. The number of ether oxygens (including phenoxy) is 1. The van der Waals surface area contributed by atoms with Crippen LogP contribution in [0, 0.1) is 10.5 Å². The molecule has 0 unspecified atom stereocenters.